The monoisotopic (exact) mass is 199 g/mol. The molecule has 0 aliphatic carbocycles. The molecule has 0 bridgehead atoms. The van der Waals surface area contributed by atoms with Crippen LogP contribution in [-0.4, -0.2) is 9.97 Å². The van der Waals surface area contributed by atoms with Crippen LogP contribution in [0.25, 0.3) is 11.3 Å². The summed E-state index contributed by atoms with van der Waals surface area (Å²) in [6.07, 6.45) is 2.88. The molecule has 0 saturated carbocycles. The van der Waals surface area contributed by atoms with Crippen LogP contribution >= 0.6 is 0 Å². The molecule has 2 aromatic heterocycles. The summed E-state index contributed by atoms with van der Waals surface area (Å²) in [5.74, 6) is -0.521. The van der Waals surface area contributed by atoms with E-state index in [1.807, 2.05) is 6.07 Å². The van der Waals surface area contributed by atoms with Crippen molar-refractivity contribution in [3.63, 3.8) is 0 Å². The van der Waals surface area contributed by atoms with Gasteiger partial charge in [-0.3, -0.25) is 4.98 Å². The van der Waals surface area contributed by atoms with Gasteiger partial charge in [-0.15, -0.1) is 0 Å². The van der Waals surface area contributed by atoms with E-state index in [1.165, 1.54) is 18.5 Å². The van der Waals surface area contributed by atoms with Crippen molar-refractivity contribution in [1.29, 1.82) is 5.26 Å². The maximum Gasteiger partial charge on any atom is 0.212 e. The summed E-state index contributed by atoms with van der Waals surface area (Å²) in [5.41, 5.74) is 1.89. The number of aromatic nitrogens is 2. The third kappa shape index (κ3) is 1.97. The highest BCUT2D eigenvalue weighted by molar-refractivity contribution is 5.57. The Morgan fingerprint density at radius 2 is 1.93 bits per heavy atom. The van der Waals surface area contributed by atoms with Crippen LogP contribution in [0.4, 0.5) is 4.39 Å². The van der Waals surface area contributed by atoms with Gasteiger partial charge in [0.05, 0.1) is 11.3 Å². The summed E-state index contributed by atoms with van der Waals surface area (Å²) in [7, 11) is 0. The van der Waals surface area contributed by atoms with Gasteiger partial charge in [-0.05, 0) is 24.3 Å². The van der Waals surface area contributed by atoms with Gasteiger partial charge < -0.3 is 0 Å². The Kier molecular flexibility index (Phi) is 2.38. The van der Waals surface area contributed by atoms with Gasteiger partial charge in [0, 0.05) is 18.0 Å². The van der Waals surface area contributed by atoms with Crippen LogP contribution in [0, 0.1) is 17.3 Å². The first-order valence-electron chi connectivity index (χ1n) is 4.27. The summed E-state index contributed by atoms with van der Waals surface area (Å²) in [5, 5.41) is 8.58. The van der Waals surface area contributed by atoms with Crippen molar-refractivity contribution in [1.82, 2.24) is 9.97 Å². The summed E-state index contributed by atoms with van der Waals surface area (Å²) >= 11 is 0. The molecule has 0 amide bonds. The third-order valence-electron chi connectivity index (χ3n) is 1.92. The van der Waals surface area contributed by atoms with E-state index in [2.05, 4.69) is 9.97 Å². The average molecular weight is 199 g/mol. The number of rotatable bonds is 1. The quantitative estimate of drug-likeness (QED) is 0.661. The maximum atomic E-state index is 12.5. The largest absolute Gasteiger partial charge is 0.255 e. The maximum absolute atomic E-state index is 12.5. The van der Waals surface area contributed by atoms with Crippen LogP contribution in [-0.2, 0) is 0 Å². The molecule has 2 rings (SSSR count). The zero-order valence-electron chi connectivity index (χ0n) is 7.68. The standard InChI is InChI=1S/C11H6FN3/c12-11-4-2-9(7-15-11)10-3-1-8(5-13)6-14-10/h1-4,6-7H. The van der Waals surface area contributed by atoms with E-state index >= 15 is 0 Å². The molecule has 2 heterocycles. The van der Waals surface area contributed by atoms with Gasteiger partial charge in [-0.2, -0.15) is 9.65 Å². The molecule has 0 radical (unpaired) electrons. The number of hydrogen-bond acceptors (Lipinski definition) is 3. The minimum absolute atomic E-state index is 0.494. The van der Waals surface area contributed by atoms with E-state index in [-0.39, 0.29) is 0 Å². The fraction of sp³-hybridized carbons (Fsp3) is 0. The Balaban J connectivity index is 2.38. The van der Waals surface area contributed by atoms with E-state index in [9.17, 15) is 4.39 Å². The van der Waals surface area contributed by atoms with Gasteiger partial charge in [0.25, 0.3) is 0 Å². The van der Waals surface area contributed by atoms with Crippen LogP contribution in [0.3, 0.4) is 0 Å². The van der Waals surface area contributed by atoms with E-state index in [0.717, 1.165) is 5.56 Å². The predicted molar refractivity (Wildman–Crippen MR) is 52.1 cm³/mol. The van der Waals surface area contributed by atoms with E-state index in [4.69, 9.17) is 5.26 Å². The molecule has 2 aromatic rings. The van der Waals surface area contributed by atoms with Crippen molar-refractivity contribution in [3.8, 4) is 17.3 Å². The molecule has 15 heavy (non-hydrogen) atoms. The molecule has 0 atom stereocenters. The van der Waals surface area contributed by atoms with Crippen molar-refractivity contribution in [2.24, 2.45) is 0 Å². The molecule has 0 unspecified atom stereocenters. The summed E-state index contributed by atoms with van der Waals surface area (Å²) in [6, 6.07) is 8.20. The third-order valence-corrected chi connectivity index (χ3v) is 1.92. The number of hydrogen-bond donors (Lipinski definition) is 0. The summed E-state index contributed by atoms with van der Waals surface area (Å²) in [4.78, 5) is 7.59. The molecular formula is C11H6FN3. The van der Waals surface area contributed by atoms with E-state index < -0.39 is 5.95 Å². The minimum Gasteiger partial charge on any atom is -0.255 e. The second-order valence-corrected chi connectivity index (χ2v) is 2.91. The van der Waals surface area contributed by atoms with Gasteiger partial charge in [0.1, 0.15) is 6.07 Å². The highest BCUT2D eigenvalue weighted by Crippen LogP contribution is 2.15. The second kappa shape index (κ2) is 3.84. The lowest BCUT2D eigenvalue weighted by molar-refractivity contribution is 0.584. The smallest absolute Gasteiger partial charge is 0.212 e. The fourth-order valence-electron chi connectivity index (χ4n) is 1.16. The molecule has 3 nitrogen and oxygen atoms in total. The molecule has 0 N–H and O–H groups in total. The number of nitriles is 1. The molecule has 0 aromatic carbocycles. The SMILES string of the molecule is N#Cc1ccc(-c2ccc(F)nc2)nc1. The Labute approximate surface area is 85.9 Å². The molecule has 72 valence electrons. The Morgan fingerprint density at radius 1 is 1.07 bits per heavy atom. The number of nitrogens with zero attached hydrogens (tertiary/aromatic N) is 3. The van der Waals surface area contributed by atoms with Crippen molar-refractivity contribution < 1.29 is 4.39 Å². The summed E-state index contributed by atoms with van der Waals surface area (Å²) in [6.45, 7) is 0. The van der Waals surface area contributed by atoms with Crippen molar-refractivity contribution in [2.75, 3.05) is 0 Å². The van der Waals surface area contributed by atoms with E-state index in [1.54, 1.807) is 18.2 Å². The Bertz CT molecular complexity index is 497. The highest BCUT2D eigenvalue weighted by atomic mass is 19.1. The van der Waals surface area contributed by atoms with Crippen molar-refractivity contribution >= 4 is 0 Å². The molecular weight excluding hydrogens is 193 g/mol. The van der Waals surface area contributed by atoms with Gasteiger partial charge in [-0.25, -0.2) is 4.98 Å². The number of pyridine rings is 2. The van der Waals surface area contributed by atoms with Crippen LogP contribution < -0.4 is 0 Å². The van der Waals surface area contributed by atoms with Gasteiger partial charge in [0.2, 0.25) is 5.95 Å². The normalized spacial score (nSPS) is 9.60. The molecule has 0 spiro atoms. The molecule has 0 aliphatic heterocycles. The van der Waals surface area contributed by atoms with Crippen LogP contribution in [0.2, 0.25) is 0 Å². The first-order chi connectivity index (χ1) is 7.29. The lowest BCUT2D eigenvalue weighted by Gasteiger charge is -1.99. The Morgan fingerprint density at radius 3 is 2.47 bits per heavy atom. The topological polar surface area (TPSA) is 49.6 Å². The molecule has 0 aliphatic rings. The van der Waals surface area contributed by atoms with Crippen LogP contribution in [0.15, 0.2) is 36.7 Å². The lowest BCUT2D eigenvalue weighted by Crippen LogP contribution is -1.87. The van der Waals surface area contributed by atoms with Gasteiger partial charge in [-0.1, -0.05) is 0 Å². The average Bonchev–Trinajstić information content (AvgIpc) is 2.30. The van der Waals surface area contributed by atoms with Gasteiger partial charge >= 0.3 is 0 Å². The van der Waals surface area contributed by atoms with Crippen LogP contribution in [0.5, 0.6) is 0 Å². The number of halogens is 1. The zero-order chi connectivity index (χ0) is 10.7. The van der Waals surface area contributed by atoms with Crippen molar-refractivity contribution in [3.05, 3.63) is 48.2 Å². The first kappa shape index (κ1) is 9.28. The van der Waals surface area contributed by atoms with Gasteiger partial charge in [0.15, 0.2) is 0 Å². The second-order valence-electron chi connectivity index (χ2n) is 2.91. The minimum atomic E-state index is -0.521. The molecule has 0 saturated heterocycles. The Hall–Kier alpha value is -2.28. The molecule has 0 fully saturated rings. The van der Waals surface area contributed by atoms with Crippen LogP contribution in [0.1, 0.15) is 5.56 Å². The summed E-state index contributed by atoms with van der Waals surface area (Å²) < 4.78 is 12.5. The zero-order valence-corrected chi connectivity index (χ0v) is 7.68. The highest BCUT2D eigenvalue weighted by Gasteiger charge is 2.00. The van der Waals surface area contributed by atoms with E-state index in [0.29, 0.717) is 11.3 Å². The predicted octanol–water partition coefficient (Wildman–Crippen LogP) is 2.15. The van der Waals surface area contributed by atoms with Crippen molar-refractivity contribution in [2.45, 2.75) is 0 Å². The first-order valence-corrected chi connectivity index (χ1v) is 4.27. The molecule has 4 heteroatoms. The fourth-order valence-corrected chi connectivity index (χ4v) is 1.16. The lowest BCUT2D eigenvalue weighted by atomic mass is 10.2.